The molecule has 6 heteroatoms. The van der Waals surface area contributed by atoms with Gasteiger partial charge in [0, 0.05) is 11.5 Å². The van der Waals surface area contributed by atoms with E-state index in [4.69, 9.17) is 5.73 Å². The second kappa shape index (κ2) is 5.47. The van der Waals surface area contributed by atoms with Crippen molar-refractivity contribution in [1.82, 2.24) is 9.97 Å². The molecule has 0 bridgehead atoms. The first-order chi connectivity index (χ1) is 7.95. The summed E-state index contributed by atoms with van der Waals surface area (Å²) in [5.41, 5.74) is 6.53. The second-order valence-corrected chi connectivity index (χ2v) is 4.03. The van der Waals surface area contributed by atoms with Gasteiger partial charge in [-0.25, -0.2) is 9.97 Å². The lowest BCUT2D eigenvalue weighted by Gasteiger charge is -2.12. The zero-order valence-electron chi connectivity index (χ0n) is 10.6. The van der Waals surface area contributed by atoms with Crippen LogP contribution in [-0.4, -0.2) is 29.6 Å². The first kappa shape index (κ1) is 13.2. The van der Waals surface area contributed by atoms with Crippen molar-refractivity contribution in [3.05, 3.63) is 11.4 Å². The molecule has 17 heavy (non-hydrogen) atoms. The minimum Gasteiger partial charge on any atom is -0.468 e. The van der Waals surface area contributed by atoms with Crippen molar-refractivity contribution in [2.75, 3.05) is 24.7 Å². The number of nitrogens with two attached hydrogens (primary N) is 1. The molecule has 3 N–H and O–H groups in total. The molecule has 1 heterocycles. The first-order valence-electron chi connectivity index (χ1n) is 5.40. The quantitative estimate of drug-likeness (QED) is 0.763. The standard InChI is InChI=1S/C11H18N4O2/c1-6(2)10-14-9(12)7(3)11(15-10)13-5-8(16)17-4/h6H,5H2,1-4H3,(H3,12,13,14,15). The van der Waals surface area contributed by atoms with E-state index in [-0.39, 0.29) is 18.4 Å². The highest BCUT2D eigenvalue weighted by Gasteiger charge is 2.11. The van der Waals surface area contributed by atoms with Crippen LogP contribution in [0, 0.1) is 6.92 Å². The molecule has 0 spiro atoms. The molecule has 0 unspecified atom stereocenters. The number of hydrogen-bond acceptors (Lipinski definition) is 6. The monoisotopic (exact) mass is 238 g/mol. The number of ether oxygens (including phenoxy) is 1. The molecule has 1 rings (SSSR count). The molecule has 0 aliphatic rings. The first-order valence-corrected chi connectivity index (χ1v) is 5.40. The van der Waals surface area contributed by atoms with Crippen molar-refractivity contribution >= 4 is 17.6 Å². The smallest absolute Gasteiger partial charge is 0.325 e. The normalized spacial score (nSPS) is 10.4. The summed E-state index contributed by atoms with van der Waals surface area (Å²) in [7, 11) is 1.34. The van der Waals surface area contributed by atoms with Crippen LogP contribution in [0.2, 0.25) is 0 Å². The number of carbonyl (C=O) groups excluding carboxylic acids is 1. The van der Waals surface area contributed by atoms with Gasteiger partial charge in [-0.05, 0) is 6.92 Å². The van der Waals surface area contributed by atoms with Crippen LogP contribution < -0.4 is 11.1 Å². The Labute approximate surface area is 101 Å². The van der Waals surface area contributed by atoms with Gasteiger partial charge >= 0.3 is 5.97 Å². The summed E-state index contributed by atoms with van der Waals surface area (Å²) in [5.74, 6) is 1.48. The Morgan fingerprint density at radius 3 is 2.65 bits per heavy atom. The van der Waals surface area contributed by atoms with Gasteiger partial charge in [0.1, 0.15) is 24.0 Å². The molecular formula is C11H18N4O2. The molecule has 0 aliphatic heterocycles. The SMILES string of the molecule is COC(=O)CNc1nc(C(C)C)nc(N)c1C. The fourth-order valence-corrected chi connectivity index (χ4v) is 1.21. The Morgan fingerprint density at radius 1 is 1.47 bits per heavy atom. The molecule has 0 saturated carbocycles. The second-order valence-electron chi connectivity index (χ2n) is 4.03. The zero-order valence-corrected chi connectivity index (χ0v) is 10.6. The number of carbonyl (C=O) groups is 1. The lowest BCUT2D eigenvalue weighted by Crippen LogP contribution is -2.18. The number of hydrogen-bond donors (Lipinski definition) is 2. The number of nitrogens with zero attached hydrogens (tertiary/aromatic N) is 2. The van der Waals surface area contributed by atoms with Crippen molar-refractivity contribution in [3.8, 4) is 0 Å². The van der Waals surface area contributed by atoms with E-state index in [1.807, 2.05) is 13.8 Å². The minimum atomic E-state index is -0.354. The van der Waals surface area contributed by atoms with Crippen LogP contribution in [0.3, 0.4) is 0 Å². The molecule has 0 saturated heterocycles. The van der Waals surface area contributed by atoms with Crippen LogP contribution in [0.4, 0.5) is 11.6 Å². The van der Waals surface area contributed by atoms with E-state index >= 15 is 0 Å². The van der Waals surface area contributed by atoms with Crippen molar-refractivity contribution < 1.29 is 9.53 Å². The van der Waals surface area contributed by atoms with Gasteiger partial charge in [0.15, 0.2) is 0 Å². The van der Waals surface area contributed by atoms with Crippen LogP contribution in [0.1, 0.15) is 31.2 Å². The third kappa shape index (κ3) is 3.30. The summed E-state index contributed by atoms with van der Waals surface area (Å²) >= 11 is 0. The van der Waals surface area contributed by atoms with E-state index in [1.165, 1.54) is 7.11 Å². The van der Waals surface area contributed by atoms with Gasteiger partial charge in [0.05, 0.1) is 7.11 Å². The molecule has 0 fully saturated rings. The predicted octanol–water partition coefficient (Wildman–Crippen LogP) is 1.08. The summed E-state index contributed by atoms with van der Waals surface area (Å²) < 4.78 is 4.54. The van der Waals surface area contributed by atoms with Gasteiger partial charge in [-0.1, -0.05) is 13.8 Å². The van der Waals surface area contributed by atoms with Gasteiger partial charge in [-0.2, -0.15) is 0 Å². The Bertz CT molecular complexity index is 418. The van der Waals surface area contributed by atoms with E-state index in [9.17, 15) is 4.79 Å². The van der Waals surface area contributed by atoms with E-state index in [2.05, 4.69) is 20.0 Å². The van der Waals surface area contributed by atoms with Crippen molar-refractivity contribution in [2.45, 2.75) is 26.7 Å². The number of aromatic nitrogens is 2. The third-order valence-corrected chi connectivity index (χ3v) is 2.35. The third-order valence-electron chi connectivity index (χ3n) is 2.35. The zero-order chi connectivity index (χ0) is 13.0. The molecule has 0 amide bonds. The predicted molar refractivity (Wildman–Crippen MR) is 65.8 cm³/mol. The fourth-order valence-electron chi connectivity index (χ4n) is 1.21. The van der Waals surface area contributed by atoms with Crippen LogP contribution >= 0.6 is 0 Å². The summed E-state index contributed by atoms with van der Waals surface area (Å²) in [6, 6.07) is 0. The highest BCUT2D eigenvalue weighted by molar-refractivity contribution is 5.75. The number of methoxy groups -OCH3 is 1. The summed E-state index contributed by atoms with van der Waals surface area (Å²) in [5, 5.41) is 2.89. The molecule has 1 aromatic rings. The number of nitrogens with one attached hydrogen (secondary N) is 1. The Hall–Kier alpha value is -1.85. The van der Waals surface area contributed by atoms with Crippen LogP contribution in [0.5, 0.6) is 0 Å². The van der Waals surface area contributed by atoms with Crippen molar-refractivity contribution in [2.24, 2.45) is 0 Å². The van der Waals surface area contributed by atoms with Crippen LogP contribution in [0.25, 0.3) is 0 Å². The molecule has 0 aromatic carbocycles. The van der Waals surface area contributed by atoms with E-state index in [0.29, 0.717) is 17.5 Å². The fraction of sp³-hybridized carbons (Fsp3) is 0.545. The van der Waals surface area contributed by atoms with Gasteiger partial charge in [-0.3, -0.25) is 4.79 Å². The average molecular weight is 238 g/mol. The molecule has 0 atom stereocenters. The maximum atomic E-state index is 11.0. The topological polar surface area (TPSA) is 90.1 Å². The molecule has 0 aliphatic carbocycles. The molecule has 94 valence electrons. The minimum absolute atomic E-state index is 0.0608. The van der Waals surface area contributed by atoms with Crippen LogP contribution in [-0.2, 0) is 9.53 Å². The summed E-state index contributed by atoms with van der Waals surface area (Å²) in [6.07, 6.45) is 0. The molecule has 1 aromatic heterocycles. The molecular weight excluding hydrogens is 220 g/mol. The maximum absolute atomic E-state index is 11.0. The Morgan fingerprint density at radius 2 is 2.12 bits per heavy atom. The van der Waals surface area contributed by atoms with Gasteiger partial charge in [0.25, 0.3) is 0 Å². The maximum Gasteiger partial charge on any atom is 0.325 e. The number of rotatable bonds is 4. The van der Waals surface area contributed by atoms with Crippen LogP contribution in [0.15, 0.2) is 0 Å². The van der Waals surface area contributed by atoms with Gasteiger partial charge in [0.2, 0.25) is 0 Å². The molecule has 0 radical (unpaired) electrons. The van der Waals surface area contributed by atoms with Gasteiger partial charge in [-0.15, -0.1) is 0 Å². The van der Waals surface area contributed by atoms with Crippen molar-refractivity contribution in [3.63, 3.8) is 0 Å². The Balaban J connectivity index is 2.93. The largest absolute Gasteiger partial charge is 0.468 e. The van der Waals surface area contributed by atoms with E-state index < -0.39 is 0 Å². The summed E-state index contributed by atoms with van der Waals surface area (Å²) in [6.45, 7) is 5.83. The van der Waals surface area contributed by atoms with Gasteiger partial charge < -0.3 is 15.8 Å². The molecule has 6 nitrogen and oxygen atoms in total. The average Bonchev–Trinajstić information content (AvgIpc) is 2.30. The summed E-state index contributed by atoms with van der Waals surface area (Å²) in [4.78, 5) is 19.6. The highest BCUT2D eigenvalue weighted by atomic mass is 16.5. The van der Waals surface area contributed by atoms with E-state index in [1.54, 1.807) is 6.92 Å². The highest BCUT2D eigenvalue weighted by Crippen LogP contribution is 2.20. The lowest BCUT2D eigenvalue weighted by molar-refractivity contribution is -0.138. The lowest BCUT2D eigenvalue weighted by atomic mass is 10.2. The Kier molecular flexibility index (Phi) is 4.25. The van der Waals surface area contributed by atoms with Crippen molar-refractivity contribution in [1.29, 1.82) is 0 Å². The number of anilines is 2. The number of nitrogen functional groups attached to an aromatic ring is 1. The number of esters is 1. The van der Waals surface area contributed by atoms with E-state index in [0.717, 1.165) is 5.56 Å².